The number of benzene rings is 2. The van der Waals surface area contributed by atoms with Crippen molar-refractivity contribution in [2.75, 3.05) is 36.8 Å². The average molecular weight is 479 g/mol. The van der Waals surface area contributed by atoms with Gasteiger partial charge in [-0.1, -0.05) is 24.3 Å². The fourth-order valence-corrected chi connectivity index (χ4v) is 5.54. The molecule has 4 aromatic rings. The lowest BCUT2D eigenvalue weighted by atomic mass is 10.2. The lowest BCUT2D eigenvalue weighted by Gasteiger charge is -2.36. The maximum atomic E-state index is 13.2. The SMILES string of the molecule is O=C(CCSc1nc(-c2cccs2)nc2ccccc12)N1CCN(c2ccc(F)cc2)CC1. The normalized spacial score (nSPS) is 14.1. The number of para-hydroxylation sites is 1. The summed E-state index contributed by atoms with van der Waals surface area (Å²) in [5, 5.41) is 3.95. The Bertz CT molecular complexity index is 1240. The molecule has 5 rings (SSSR count). The minimum atomic E-state index is -0.232. The maximum absolute atomic E-state index is 13.2. The van der Waals surface area contributed by atoms with Gasteiger partial charge in [0.25, 0.3) is 0 Å². The van der Waals surface area contributed by atoms with Gasteiger partial charge in [-0.3, -0.25) is 4.79 Å². The quantitative estimate of drug-likeness (QED) is 0.277. The summed E-state index contributed by atoms with van der Waals surface area (Å²) in [5.41, 5.74) is 1.91. The zero-order valence-electron chi connectivity index (χ0n) is 18.0. The highest BCUT2D eigenvalue weighted by molar-refractivity contribution is 7.99. The molecule has 8 heteroatoms. The van der Waals surface area contributed by atoms with E-state index in [1.165, 1.54) is 12.1 Å². The standard InChI is InChI=1S/C25H23FN4OS2/c26-18-7-9-19(10-8-18)29-12-14-30(15-13-29)23(31)11-17-33-25-20-4-1-2-5-21(20)27-24(28-25)22-6-3-16-32-22/h1-10,16H,11-15,17H2. The van der Waals surface area contributed by atoms with Crippen LogP contribution in [0, 0.1) is 5.82 Å². The number of carbonyl (C=O) groups excluding carboxylic acids is 1. The van der Waals surface area contributed by atoms with E-state index in [-0.39, 0.29) is 11.7 Å². The Morgan fingerprint density at radius 3 is 2.52 bits per heavy atom. The van der Waals surface area contributed by atoms with E-state index in [2.05, 4.69) is 4.90 Å². The Kier molecular flexibility index (Phi) is 6.55. The molecule has 0 unspecified atom stereocenters. The van der Waals surface area contributed by atoms with Crippen LogP contribution in [-0.2, 0) is 4.79 Å². The summed E-state index contributed by atoms with van der Waals surface area (Å²) in [6, 6.07) is 18.6. The molecule has 0 aliphatic carbocycles. The number of piperazine rings is 1. The first-order valence-electron chi connectivity index (χ1n) is 10.9. The molecule has 33 heavy (non-hydrogen) atoms. The number of fused-ring (bicyclic) bond motifs is 1. The number of halogens is 1. The number of thioether (sulfide) groups is 1. The highest BCUT2D eigenvalue weighted by Crippen LogP contribution is 2.30. The second-order valence-electron chi connectivity index (χ2n) is 7.79. The number of carbonyl (C=O) groups is 1. The van der Waals surface area contributed by atoms with Crippen LogP contribution in [0.3, 0.4) is 0 Å². The summed E-state index contributed by atoms with van der Waals surface area (Å²) in [6.45, 7) is 2.87. The van der Waals surface area contributed by atoms with Crippen LogP contribution in [0.2, 0.25) is 0 Å². The molecule has 3 heterocycles. The third kappa shape index (κ3) is 5.02. The van der Waals surface area contributed by atoms with Crippen molar-refractivity contribution < 1.29 is 9.18 Å². The van der Waals surface area contributed by atoms with E-state index < -0.39 is 0 Å². The molecule has 0 spiro atoms. The summed E-state index contributed by atoms with van der Waals surface area (Å²) in [6.07, 6.45) is 0.466. The number of hydrogen-bond acceptors (Lipinski definition) is 6. The van der Waals surface area contributed by atoms with Crippen molar-refractivity contribution >= 4 is 45.6 Å². The fraction of sp³-hybridized carbons (Fsp3) is 0.240. The molecule has 1 saturated heterocycles. The molecule has 2 aromatic carbocycles. The van der Waals surface area contributed by atoms with Crippen LogP contribution in [0.5, 0.6) is 0 Å². The molecule has 0 radical (unpaired) electrons. The summed E-state index contributed by atoms with van der Waals surface area (Å²) in [7, 11) is 0. The second-order valence-corrected chi connectivity index (χ2v) is 9.82. The summed E-state index contributed by atoms with van der Waals surface area (Å²) >= 11 is 3.23. The first-order chi connectivity index (χ1) is 16.2. The van der Waals surface area contributed by atoms with Crippen molar-refractivity contribution in [3.05, 3.63) is 71.9 Å². The Balaban J connectivity index is 1.19. The lowest BCUT2D eigenvalue weighted by molar-refractivity contribution is -0.131. The molecule has 1 aliphatic heterocycles. The Morgan fingerprint density at radius 1 is 0.970 bits per heavy atom. The molecule has 2 aromatic heterocycles. The molecular weight excluding hydrogens is 455 g/mol. The molecular formula is C25H23FN4OS2. The maximum Gasteiger partial charge on any atom is 0.223 e. The van der Waals surface area contributed by atoms with Crippen molar-refractivity contribution in [1.29, 1.82) is 0 Å². The molecule has 168 valence electrons. The zero-order chi connectivity index (χ0) is 22.6. The van der Waals surface area contributed by atoms with E-state index in [9.17, 15) is 9.18 Å². The first-order valence-corrected chi connectivity index (χ1v) is 12.8. The largest absolute Gasteiger partial charge is 0.368 e. The van der Waals surface area contributed by atoms with E-state index in [1.807, 2.05) is 46.7 Å². The number of thiophene rings is 1. The number of nitrogens with zero attached hydrogens (tertiary/aromatic N) is 4. The Labute approximate surface area is 200 Å². The van der Waals surface area contributed by atoms with Crippen molar-refractivity contribution in [2.24, 2.45) is 0 Å². The summed E-state index contributed by atoms with van der Waals surface area (Å²) in [4.78, 5) is 27.5. The number of amides is 1. The predicted molar refractivity (Wildman–Crippen MR) is 133 cm³/mol. The zero-order valence-corrected chi connectivity index (χ0v) is 19.6. The van der Waals surface area contributed by atoms with Crippen LogP contribution < -0.4 is 4.90 Å². The van der Waals surface area contributed by atoms with Gasteiger partial charge in [0.05, 0.1) is 10.4 Å². The van der Waals surface area contributed by atoms with Crippen molar-refractivity contribution in [1.82, 2.24) is 14.9 Å². The monoisotopic (exact) mass is 478 g/mol. The first kappa shape index (κ1) is 21.9. The third-order valence-corrected chi connectivity index (χ3v) is 7.55. The van der Waals surface area contributed by atoms with Gasteiger partial charge in [0.2, 0.25) is 5.91 Å². The van der Waals surface area contributed by atoms with Gasteiger partial charge in [-0.2, -0.15) is 0 Å². The molecule has 1 amide bonds. The van der Waals surface area contributed by atoms with Crippen LogP contribution in [0.25, 0.3) is 21.6 Å². The molecule has 1 aliphatic rings. The molecule has 0 bridgehead atoms. The van der Waals surface area contributed by atoms with Crippen LogP contribution in [-0.4, -0.2) is 52.7 Å². The predicted octanol–water partition coefficient (Wildman–Crippen LogP) is 5.33. The van der Waals surface area contributed by atoms with Crippen LogP contribution in [0.4, 0.5) is 10.1 Å². The average Bonchev–Trinajstić information content (AvgIpc) is 3.40. The van der Waals surface area contributed by atoms with E-state index in [0.717, 1.165) is 45.4 Å². The van der Waals surface area contributed by atoms with E-state index in [1.54, 1.807) is 35.2 Å². The molecule has 5 nitrogen and oxygen atoms in total. The highest BCUT2D eigenvalue weighted by atomic mass is 32.2. The van der Waals surface area contributed by atoms with Gasteiger partial charge in [0.15, 0.2) is 5.82 Å². The summed E-state index contributed by atoms with van der Waals surface area (Å²) < 4.78 is 13.2. The minimum absolute atomic E-state index is 0.165. The smallest absolute Gasteiger partial charge is 0.223 e. The van der Waals surface area contributed by atoms with Crippen LogP contribution in [0.1, 0.15) is 6.42 Å². The topological polar surface area (TPSA) is 49.3 Å². The van der Waals surface area contributed by atoms with E-state index >= 15 is 0 Å². The van der Waals surface area contributed by atoms with Crippen LogP contribution in [0.15, 0.2) is 71.1 Å². The van der Waals surface area contributed by atoms with Gasteiger partial charge in [-0.05, 0) is 41.8 Å². The molecule has 0 atom stereocenters. The molecule has 0 N–H and O–H groups in total. The highest BCUT2D eigenvalue weighted by Gasteiger charge is 2.21. The molecule has 0 saturated carbocycles. The number of hydrogen-bond donors (Lipinski definition) is 0. The van der Waals surface area contributed by atoms with Gasteiger partial charge in [-0.15, -0.1) is 23.1 Å². The third-order valence-electron chi connectivity index (χ3n) is 5.69. The Hall–Kier alpha value is -2.97. The van der Waals surface area contributed by atoms with Crippen molar-refractivity contribution in [2.45, 2.75) is 11.4 Å². The van der Waals surface area contributed by atoms with Gasteiger partial charge < -0.3 is 9.80 Å². The van der Waals surface area contributed by atoms with Crippen molar-refractivity contribution in [3.63, 3.8) is 0 Å². The summed E-state index contributed by atoms with van der Waals surface area (Å²) in [5.74, 6) is 1.33. The number of anilines is 1. The van der Waals surface area contributed by atoms with Crippen molar-refractivity contribution in [3.8, 4) is 10.7 Å². The second kappa shape index (κ2) is 9.89. The van der Waals surface area contributed by atoms with Gasteiger partial charge >= 0.3 is 0 Å². The number of rotatable bonds is 6. The Morgan fingerprint density at radius 2 is 1.76 bits per heavy atom. The van der Waals surface area contributed by atoms with E-state index in [4.69, 9.17) is 9.97 Å². The lowest BCUT2D eigenvalue weighted by Crippen LogP contribution is -2.48. The number of aromatic nitrogens is 2. The van der Waals surface area contributed by atoms with E-state index in [0.29, 0.717) is 25.3 Å². The van der Waals surface area contributed by atoms with Gasteiger partial charge in [-0.25, -0.2) is 14.4 Å². The fourth-order valence-electron chi connectivity index (χ4n) is 3.93. The van der Waals surface area contributed by atoms with Gasteiger partial charge in [0.1, 0.15) is 10.8 Å². The minimum Gasteiger partial charge on any atom is -0.368 e. The molecule has 1 fully saturated rings. The van der Waals surface area contributed by atoms with Gasteiger partial charge in [0, 0.05) is 49.4 Å². The van der Waals surface area contributed by atoms with Crippen LogP contribution >= 0.6 is 23.1 Å².